The standard InChI is InChI=1S/C21H24N2O5S/c1-14-7-11-18(12-8-14)23(3)29(26,27)19-6-4-5-16(13-19)21(25)28-15(2)20(24)22-17-9-10-17/h4-8,11-13,15,17H,9-10H2,1-3H3,(H,22,24)/t15-/m0/s1. The van der Waals surface area contributed by atoms with E-state index in [1.807, 2.05) is 19.1 Å². The Balaban J connectivity index is 1.76. The molecule has 154 valence electrons. The average Bonchev–Trinajstić information content (AvgIpc) is 3.52. The molecule has 0 radical (unpaired) electrons. The summed E-state index contributed by atoms with van der Waals surface area (Å²) in [4.78, 5) is 24.3. The number of carbonyl (C=O) groups excluding carboxylic acids is 2. The van der Waals surface area contributed by atoms with Crippen LogP contribution in [0.4, 0.5) is 5.69 Å². The molecule has 0 aromatic heterocycles. The fraction of sp³-hybridized carbons (Fsp3) is 0.333. The lowest BCUT2D eigenvalue weighted by Gasteiger charge is -2.20. The first-order valence-electron chi connectivity index (χ1n) is 9.35. The number of benzene rings is 2. The molecule has 2 aromatic carbocycles. The molecule has 2 aromatic rings. The Kier molecular flexibility index (Phi) is 5.93. The Morgan fingerprint density at radius 1 is 1.14 bits per heavy atom. The van der Waals surface area contributed by atoms with E-state index in [2.05, 4.69) is 5.32 Å². The van der Waals surface area contributed by atoms with Gasteiger partial charge in [-0.05, 0) is 57.0 Å². The first kappa shape index (κ1) is 20.9. The van der Waals surface area contributed by atoms with Crippen LogP contribution in [0, 0.1) is 6.92 Å². The van der Waals surface area contributed by atoms with E-state index in [9.17, 15) is 18.0 Å². The zero-order valence-corrected chi connectivity index (χ0v) is 17.4. The van der Waals surface area contributed by atoms with Gasteiger partial charge in [0.05, 0.1) is 16.1 Å². The van der Waals surface area contributed by atoms with Crippen molar-refractivity contribution in [3.63, 3.8) is 0 Å². The van der Waals surface area contributed by atoms with Gasteiger partial charge in [0, 0.05) is 13.1 Å². The van der Waals surface area contributed by atoms with Crippen LogP contribution in [0.5, 0.6) is 0 Å². The fourth-order valence-electron chi connectivity index (χ4n) is 2.66. The van der Waals surface area contributed by atoms with Gasteiger partial charge >= 0.3 is 5.97 Å². The molecule has 1 fully saturated rings. The SMILES string of the molecule is Cc1ccc(N(C)S(=O)(=O)c2cccc(C(=O)O[C@@H](C)C(=O)NC3CC3)c2)cc1. The molecule has 0 bridgehead atoms. The van der Waals surface area contributed by atoms with Crippen molar-refractivity contribution in [1.29, 1.82) is 0 Å². The van der Waals surface area contributed by atoms with Crippen LogP contribution in [0.1, 0.15) is 35.7 Å². The summed E-state index contributed by atoms with van der Waals surface area (Å²) in [6, 6.07) is 12.8. The summed E-state index contributed by atoms with van der Waals surface area (Å²) in [5.41, 5.74) is 1.59. The van der Waals surface area contributed by atoms with E-state index >= 15 is 0 Å². The number of sulfonamides is 1. The number of esters is 1. The van der Waals surface area contributed by atoms with Crippen molar-refractivity contribution in [2.75, 3.05) is 11.4 Å². The van der Waals surface area contributed by atoms with E-state index in [-0.39, 0.29) is 22.4 Å². The first-order chi connectivity index (χ1) is 13.7. The van der Waals surface area contributed by atoms with Gasteiger partial charge in [-0.15, -0.1) is 0 Å². The molecule has 0 saturated heterocycles. The number of hydrogen-bond acceptors (Lipinski definition) is 5. The number of anilines is 1. The van der Waals surface area contributed by atoms with Gasteiger partial charge < -0.3 is 10.1 Å². The van der Waals surface area contributed by atoms with Crippen molar-refractivity contribution in [2.45, 2.75) is 43.7 Å². The summed E-state index contributed by atoms with van der Waals surface area (Å²) < 4.78 is 32.3. The number of rotatable bonds is 7. The second-order valence-corrected chi connectivity index (χ2v) is 9.14. The van der Waals surface area contributed by atoms with Gasteiger partial charge in [-0.1, -0.05) is 23.8 Å². The third-order valence-corrected chi connectivity index (χ3v) is 6.48. The highest BCUT2D eigenvalue weighted by molar-refractivity contribution is 7.92. The second-order valence-electron chi connectivity index (χ2n) is 7.17. The third-order valence-electron chi connectivity index (χ3n) is 4.70. The molecule has 1 amide bonds. The maximum Gasteiger partial charge on any atom is 0.338 e. The maximum absolute atomic E-state index is 13.0. The van der Waals surface area contributed by atoms with Gasteiger partial charge in [0.1, 0.15) is 0 Å². The Labute approximate surface area is 170 Å². The lowest BCUT2D eigenvalue weighted by atomic mass is 10.2. The number of hydrogen-bond donors (Lipinski definition) is 1. The predicted octanol–water partition coefficient (Wildman–Crippen LogP) is 2.64. The van der Waals surface area contributed by atoms with Gasteiger partial charge in [-0.2, -0.15) is 0 Å². The summed E-state index contributed by atoms with van der Waals surface area (Å²) in [5, 5.41) is 2.76. The van der Waals surface area contributed by atoms with E-state index in [0.717, 1.165) is 22.7 Å². The van der Waals surface area contributed by atoms with E-state index in [0.29, 0.717) is 5.69 Å². The van der Waals surface area contributed by atoms with Gasteiger partial charge in [0.25, 0.3) is 15.9 Å². The van der Waals surface area contributed by atoms with E-state index in [1.165, 1.54) is 38.2 Å². The average molecular weight is 416 g/mol. The normalized spacial score (nSPS) is 14.7. The molecule has 1 aliphatic carbocycles. The molecule has 7 nitrogen and oxygen atoms in total. The highest BCUT2D eigenvalue weighted by atomic mass is 32.2. The Hall–Kier alpha value is -2.87. The summed E-state index contributed by atoms with van der Waals surface area (Å²) in [6.45, 7) is 3.40. The highest BCUT2D eigenvalue weighted by Crippen LogP contribution is 2.23. The van der Waals surface area contributed by atoms with Crippen LogP contribution >= 0.6 is 0 Å². The number of carbonyl (C=O) groups is 2. The van der Waals surface area contributed by atoms with Gasteiger partial charge in [0.2, 0.25) is 0 Å². The zero-order valence-electron chi connectivity index (χ0n) is 16.6. The summed E-state index contributed by atoms with van der Waals surface area (Å²) in [5.74, 6) is -1.11. The minimum atomic E-state index is -3.87. The van der Waals surface area contributed by atoms with E-state index in [4.69, 9.17) is 4.74 Å². The number of nitrogens with one attached hydrogen (secondary N) is 1. The fourth-order valence-corrected chi connectivity index (χ4v) is 3.91. The molecular weight excluding hydrogens is 392 g/mol. The molecular formula is C21H24N2O5S. The second kappa shape index (κ2) is 8.24. The molecule has 0 heterocycles. The van der Waals surface area contributed by atoms with Crippen LogP contribution in [0.15, 0.2) is 53.4 Å². The van der Waals surface area contributed by atoms with E-state index in [1.54, 1.807) is 12.1 Å². The number of ether oxygens (including phenoxy) is 1. The van der Waals surface area contributed by atoms with Crippen molar-refractivity contribution in [2.24, 2.45) is 0 Å². The van der Waals surface area contributed by atoms with Gasteiger partial charge in [-0.25, -0.2) is 13.2 Å². The monoisotopic (exact) mass is 416 g/mol. The molecule has 0 spiro atoms. The molecule has 1 atom stereocenters. The van der Waals surface area contributed by atoms with Crippen molar-refractivity contribution in [1.82, 2.24) is 5.32 Å². The van der Waals surface area contributed by atoms with E-state index < -0.39 is 22.1 Å². The van der Waals surface area contributed by atoms with Crippen LogP contribution < -0.4 is 9.62 Å². The molecule has 8 heteroatoms. The zero-order chi connectivity index (χ0) is 21.2. The topological polar surface area (TPSA) is 92.8 Å². The number of aryl methyl sites for hydroxylation is 1. The van der Waals surface area contributed by atoms with Crippen molar-refractivity contribution < 1.29 is 22.7 Å². The summed E-state index contributed by atoms with van der Waals surface area (Å²) >= 11 is 0. The Morgan fingerprint density at radius 2 is 1.79 bits per heavy atom. The Morgan fingerprint density at radius 3 is 2.41 bits per heavy atom. The molecule has 0 aliphatic heterocycles. The van der Waals surface area contributed by atoms with Crippen LogP contribution in [0.3, 0.4) is 0 Å². The van der Waals surface area contributed by atoms with Crippen LogP contribution in [0.2, 0.25) is 0 Å². The lowest BCUT2D eigenvalue weighted by molar-refractivity contribution is -0.129. The molecule has 1 N–H and O–H groups in total. The maximum atomic E-state index is 13.0. The van der Waals surface area contributed by atoms with Crippen LogP contribution in [-0.4, -0.2) is 39.5 Å². The molecule has 29 heavy (non-hydrogen) atoms. The highest BCUT2D eigenvalue weighted by Gasteiger charge is 2.28. The van der Waals surface area contributed by atoms with Crippen molar-refractivity contribution in [3.05, 3.63) is 59.7 Å². The number of amides is 1. The van der Waals surface area contributed by atoms with Crippen LogP contribution in [-0.2, 0) is 19.6 Å². The minimum absolute atomic E-state index is 0.0369. The van der Waals surface area contributed by atoms with Gasteiger partial charge in [0.15, 0.2) is 6.10 Å². The van der Waals surface area contributed by atoms with Crippen LogP contribution in [0.25, 0.3) is 0 Å². The quantitative estimate of drug-likeness (QED) is 0.701. The molecule has 3 rings (SSSR count). The first-order valence-corrected chi connectivity index (χ1v) is 10.8. The predicted molar refractivity (Wildman–Crippen MR) is 109 cm³/mol. The van der Waals surface area contributed by atoms with Crippen molar-refractivity contribution >= 4 is 27.6 Å². The summed E-state index contributed by atoms with van der Waals surface area (Å²) in [7, 11) is -2.41. The van der Waals surface area contributed by atoms with Crippen molar-refractivity contribution in [3.8, 4) is 0 Å². The minimum Gasteiger partial charge on any atom is -0.449 e. The Bertz CT molecular complexity index is 1010. The largest absolute Gasteiger partial charge is 0.449 e. The molecule has 1 saturated carbocycles. The molecule has 0 unspecified atom stereocenters. The third kappa shape index (κ3) is 4.95. The lowest BCUT2D eigenvalue weighted by Crippen LogP contribution is -2.37. The summed E-state index contributed by atoms with van der Waals surface area (Å²) in [6.07, 6.45) is 0.903. The number of nitrogens with zero attached hydrogens (tertiary/aromatic N) is 1. The smallest absolute Gasteiger partial charge is 0.338 e. The van der Waals surface area contributed by atoms with Gasteiger partial charge in [-0.3, -0.25) is 9.10 Å². The molecule has 1 aliphatic rings.